The first-order valence-electron chi connectivity index (χ1n) is 7.78. The Hall–Kier alpha value is -2.47. The fraction of sp³-hybridized carbons (Fsp3) is 0.353. The molecule has 1 amide bonds. The van der Waals surface area contributed by atoms with Crippen molar-refractivity contribution in [3.05, 3.63) is 47.4 Å². The van der Waals surface area contributed by atoms with Crippen molar-refractivity contribution in [1.82, 2.24) is 15.3 Å². The third kappa shape index (κ3) is 3.84. The van der Waals surface area contributed by atoms with Crippen LogP contribution in [0.1, 0.15) is 47.2 Å². The second kappa shape index (κ2) is 6.75. The van der Waals surface area contributed by atoms with Crippen LogP contribution in [0.4, 0.5) is 0 Å². The number of hydrogen-bond acceptors (Lipinski definition) is 5. The number of ether oxygens (including phenoxy) is 1. The number of carbonyl (C=O) groups is 1. The van der Waals surface area contributed by atoms with E-state index in [4.69, 9.17) is 10.5 Å². The monoisotopic (exact) mass is 312 g/mol. The first-order chi connectivity index (χ1) is 11.1. The van der Waals surface area contributed by atoms with Gasteiger partial charge in [0.05, 0.1) is 6.04 Å². The summed E-state index contributed by atoms with van der Waals surface area (Å²) in [6.07, 6.45) is 3.41. The maximum atomic E-state index is 11.1. The van der Waals surface area contributed by atoms with E-state index in [-0.39, 0.29) is 6.04 Å². The van der Waals surface area contributed by atoms with Crippen LogP contribution in [0.5, 0.6) is 11.6 Å². The van der Waals surface area contributed by atoms with Crippen LogP contribution in [0.3, 0.4) is 0 Å². The minimum absolute atomic E-state index is 0.184. The van der Waals surface area contributed by atoms with E-state index in [0.29, 0.717) is 17.2 Å². The number of nitrogens with zero attached hydrogens (tertiary/aromatic N) is 2. The summed E-state index contributed by atoms with van der Waals surface area (Å²) in [4.78, 5) is 20.1. The predicted octanol–water partition coefficient (Wildman–Crippen LogP) is 2.49. The van der Waals surface area contributed by atoms with Crippen LogP contribution in [0.15, 0.2) is 30.3 Å². The summed E-state index contributed by atoms with van der Waals surface area (Å²) < 4.78 is 5.79. The van der Waals surface area contributed by atoms with Crippen molar-refractivity contribution in [3.63, 3.8) is 0 Å². The van der Waals surface area contributed by atoms with E-state index in [9.17, 15) is 4.79 Å². The number of aryl methyl sites for hydroxylation is 1. The molecule has 2 aromatic rings. The minimum Gasteiger partial charge on any atom is -0.439 e. The Bertz CT molecular complexity index is 694. The van der Waals surface area contributed by atoms with Crippen LogP contribution in [0.25, 0.3) is 0 Å². The summed E-state index contributed by atoms with van der Waals surface area (Å²) in [6, 6.07) is 8.66. The van der Waals surface area contributed by atoms with Crippen LogP contribution in [0, 0.1) is 6.92 Å². The van der Waals surface area contributed by atoms with Gasteiger partial charge in [-0.3, -0.25) is 4.79 Å². The van der Waals surface area contributed by atoms with Crippen LogP contribution >= 0.6 is 0 Å². The van der Waals surface area contributed by atoms with E-state index in [1.54, 1.807) is 30.3 Å². The lowest BCUT2D eigenvalue weighted by molar-refractivity contribution is 0.100. The maximum Gasteiger partial charge on any atom is 0.248 e. The second-order valence-corrected chi connectivity index (χ2v) is 5.70. The normalized spacial score (nSPS) is 17.7. The zero-order valence-electron chi connectivity index (χ0n) is 13.1. The number of amides is 1. The number of piperidine rings is 1. The highest BCUT2D eigenvalue weighted by Crippen LogP contribution is 2.25. The topological polar surface area (TPSA) is 90.1 Å². The predicted molar refractivity (Wildman–Crippen MR) is 86.4 cm³/mol. The number of carbonyl (C=O) groups excluding carboxylic acids is 1. The SMILES string of the molecule is Cc1cc(Oc2ccc(C(N)=O)cc2)nc(C2CCCCN2)n1. The molecule has 23 heavy (non-hydrogen) atoms. The number of aromatic nitrogens is 2. The van der Waals surface area contributed by atoms with Gasteiger partial charge in [-0.1, -0.05) is 6.42 Å². The molecule has 0 saturated carbocycles. The fourth-order valence-electron chi connectivity index (χ4n) is 2.65. The van der Waals surface area contributed by atoms with Gasteiger partial charge in [-0.15, -0.1) is 0 Å². The van der Waals surface area contributed by atoms with Gasteiger partial charge < -0.3 is 15.8 Å². The molecule has 0 aliphatic carbocycles. The fourth-order valence-corrected chi connectivity index (χ4v) is 2.65. The minimum atomic E-state index is -0.458. The van der Waals surface area contributed by atoms with Gasteiger partial charge in [0.1, 0.15) is 11.6 Å². The van der Waals surface area contributed by atoms with Crippen molar-refractivity contribution in [2.24, 2.45) is 5.73 Å². The average molecular weight is 312 g/mol. The van der Waals surface area contributed by atoms with E-state index in [2.05, 4.69) is 15.3 Å². The molecule has 1 aromatic heterocycles. The van der Waals surface area contributed by atoms with E-state index in [0.717, 1.165) is 24.5 Å². The second-order valence-electron chi connectivity index (χ2n) is 5.70. The van der Waals surface area contributed by atoms with Gasteiger partial charge in [-0.05, 0) is 50.6 Å². The molecule has 3 N–H and O–H groups in total. The maximum absolute atomic E-state index is 11.1. The zero-order valence-corrected chi connectivity index (χ0v) is 13.1. The molecule has 6 heteroatoms. The van der Waals surface area contributed by atoms with Crippen molar-refractivity contribution in [2.45, 2.75) is 32.2 Å². The Kier molecular flexibility index (Phi) is 4.52. The molecule has 1 saturated heterocycles. The largest absolute Gasteiger partial charge is 0.439 e. The number of benzene rings is 1. The summed E-state index contributed by atoms with van der Waals surface area (Å²) in [6.45, 7) is 2.92. The highest BCUT2D eigenvalue weighted by molar-refractivity contribution is 5.92. The third-order valence-corrected chi connectivity index (χ3v) is 3.83. The Labute approximate surface area is 135 Å². The van der Waals surface area contributed by atoms with Gasteiger partial charge in [0, 0.05) is 17.3 Å². The molecule has 120 valence electrons. The lowest BCUT2D eigenvalue weighted by atomic mass is 10.0. The quantitative estimate of drug-likeness (QED) is 0.905. The first kappa shape index (κ1) is 15.4. The van der Waals surface area contributed by atoms with E-state index in [1.165, 1.54) is 12.8 Å². The van der Waals surface area contributed by atoms with Crippen molar-refractivity contribution < 1.29 is 9.53 Å². The smallest absolute Gasteiger partial charge is 0.248 e. The third-order valence-electron chi connectivity index (χ3n) is 3.83. The highest BCUT2D eigenvalue weighted by atomic mass is 16.5. The molecule has 1 aliphatic heterocycles. The van der Waals surface area contributed by atoms with Crippen molar-refractivity contribution >= 4 is 5.91 Å². The van der Waals surface area contributed by atoms with Crippen LogP contribution in [0.2, 0.25) is 0 Å². The van der Waals surface area contributed by atoms with Crippen LogP contribution < -0.4 is 15.8 Å². The lowest BCUT2D eigenvalue weighted by Gasteiger charge is -2.22. The average Bonchev–Trinajstić information content (AvgIpc) is 2.55. The lowest BCUT2D eigenvalue weighted by Crippen LogP contribution is -2.28. The van der Waals surface area contributed by atoms with E-state index < -0.39 is 5.91 Å². The molecule has 1 aliphatic rings. The highest BCUT2D eigenvalue weighted by Gasteiger charge is 2.18. The summed E-state index contributed by atoms with van der Waals surface area (Å²) in [5, 5.41) is 3.44. The number of hydrogen-bond donors (Lipinski definition) is 2. The van der Waals surface area contributed by atoms with Crippen LogP contribution in [-0.2, 0) is 0 Å². The zero-order chi connectivity index (χ0) is 16.2. The van der Waals surface area contributed by atoms with E-state index in [1.807, 2.05) is 6.92 Å². The first-order valence-corrected chi connectivity index (χ1v) is 7.78. The Balaban J connectivity index is 1.79. The molecule has 1 unspecified atom stereocenters. The van der Waals surface area contributed by atoms with Gasteiger partial charge in [0.2, 0.25) is 11.8 Å². The molecular weight excluding hydrogens is 292 g/mol. The molecule has 2 heterocycles. The van der Waals surface area contributed by atoms with Crippen LogP contribution in [-0.4, -0.2) is 22.4 Å². The van der Waals surface area contributed by atoms with Gasteiger partial charge >= 0.3 is 0 Å². The summed E-state index contributed by atoms with van der Waals surface area (Å²) in [7, 11) is 0. The number of primary amides is 1. The molecule has 0 bridgehead atoms. The summed E-state index contributed by atoms with van der Waals surface area (Å²) in [5.41, 5.74) is 6.55. The molecule has 3 rings (SSSR count). The standard InChI is InChI=1S/C17H20N4O2/c1-11-10-15(21-17(20-11)14-4-2-3-9-19-14)23-13-7-5-12(6-8-13)16(18)22/h5-8,10,14,19H,2-4,9H2,1H3,(H2,18,22). The Morgan fingerprint density at radius 2 is 2.04 bits per heavy atom. The Morgan fingerprint density at radius 1 is 1.26 bits per heavy atom. The van der Waals surface area contributed by atoms with Crippen molar-refractivity contribution in [2.75, 3.05) is 6.54 Å². The van der Waals surface area contributed by atoms with Crippen molar-refractivity contribution in [1.29, 1.82) is 0 Å². The molecule has 1 atom stereocenters. The number of nitrogens with two attached hydrogens (primary N) is 1. The molecule has 1 fully saturated rings. The summed E-state index contributed by atoms with van der Waals surface area (Å²) >= 11 is 0. The summed E-state index contributed by atoms with van der Waals surface area (Å²) in [5.74, 6) is 1.43. The molecule has 0 radical (unpaired) electrons. The van der Waals surface area contributed by atoms with Gasteiger partial charge in [0.15, 0.2) is 0 Å². The Morgan fingerprint density at radius 3 is 2.70 bits per heavy atom. The van der Waals surface area contributed by atoms with Gasteiger partial charge in [-0.2, -0.15) is 4.98 Å². The number of nitrogens with one attached hydrogen (secondary N) is 1. The molecule has 0 spiro atoms. The number of rotatable bonds is 4. The molecular formula is C17H20N4O2. The van der Waals surface area contributed by atoms with E-state index >= 15 is 0 Å². The van der Waals surface area contributed by atoms with Gasteiger partial charge in [0.25, 0.3) is 0 Å². The van der Waals surface area contributed by atoms with Crippen molar-refractivity contribution in [3.8, 4) is 11.6 Å². The molecule has 1 aromatic carbocycles. The molecule has 6 nitrogen and oxygen atoms in total. The van der Waals surface area contributed by atoms with Gasteiger partial charge in [-0.25, -0.2) is 4.98 Å².